The van der Waals surface area contributed by atoms with Gasteiger partial charge in [-0.05, 0) is 79.7 Å². The summed E-state index contributed by atoms with van der Waals surface area (Å²) < 4.78 is 19.1. The van der Waals surface area contributed by atoms with Crippen LogP contribution in [0.5, 0.6) is 5.75 Å². The van der Waals surface area contributed by atoms with Gasteiger partial charge in [-0.15, -0.1) is 0 Å². The first-order valence-corrected chi connectivity index (χ1v) is 12.5. The van der Waals surface area contributed by atoms with Gasteiger partial charge in [-0.1, -0.05) is 29.8 Å². The monoisotopic (exact) mass is 455 g/mol. The van der Waals surface area contributed by atoms with Gasteiger partial charge < -0.3 is 19.1 Å². The number of benzene rings is 1. The van der Waals surface area contributed by atoms with Gasteiger partial charge in [0.1, 0.15) is 17.0 Å². The molecule has 1 amide bonds. The summed E-state index contributed by atoms with van der Waals surface area (Å²) >= 11 is 0. The third kappa shape index (κ3) is 5.24. The maximum absolute atomic E-state index is 12.9. The van der Waals surface area contributed by atoms with E-state index in [9.17, 15) is 4.79 Å². The number of ether oxygens (including phenoxy) is 3. The molecule has 3 aliphatic rings. The number of likely N-dealkylation sites (tertiary alicyclic amines) is 1. The van der Waals surface area contributed by atoms with Crippen LogP contribution in [0.15, 0.2) is 35.9 Å². The number of hydrogen-bond acceptors (Lipinski definition) is 4. The molecule has 3 heterocycles. The van der Waals surface area contributed by atoms with Crippen molar-refractivity contribution in [2.45, 2.75) is 91.0 Å². The summed E-state index contributed by atoms with van der Waals surface area (Å²) in [7, 11) is 0. The second kappa shape index (κ2) is 8.98. The van der Waals surface area contributed by atoms with E-state index in [1.165, 1.54) is 5.57 Å². The molecule has 0 saturated carbocycles. The molecule has 33 heavy (non-hydrogen) atoms. The highest BCUT2D eigenvalue weighted by Crippen LogP contribution is 2.56. The number of rotatable bonds is 3. The molecule has 2 fully saturated rings. The van der Waals surface area contributed by atoms with Crippen LogP contribution in [0, 0.1) is 11.3 Å². The molecule has 4 atom stereocenters. The number of piperidine rings is 1. The Hall–Kier alpha value is -2.01. The second-order valence-corrected chi connectivity index (χ2v) is 11.8. The van der Waals surface area contributed by atoms with E-state index in [-0.39, 0.29) is 29.1 Å². The fourth-order valence-corrected chi connectivity index (χ4v) is 5.85. The number of carbonyl (C=O) groups is 1. The van der Waals surface area contributed by atoms with Crippen LogP contribution in [-0.2, 0) is 9.47 Å². The van der Waals surface area contributed by atoms with E-state index in [0.29, 0.717) is 13.2 Å². The minimum absolute atomic E-state index is 0.0363. The second-order valence-electron chi connectivity index (χ2n) is 11.8. The Bertz CT molecular complexity index is 899. The Labute approximate surface area is 199 Å². The fourth-order valence-electron chi connectivity index (χ4n) is 5.85. The van der Waals surface area contributed by atoms with Crippen LogP contribution < -0.4 is 4.74 Å². The normalized spacial score (nSPS) is 31.3. The predicted molar refractivity (Wildman–Crippen MR) is 130 cm³/mol. The lowest BCUT2D eigenvalue weighted by Crippen LogP contribution is -2.57. The smallest absolute Gasteiger partial charge is 0.410 e. The van der Waals surface area contributed by atoms with Crippen molar-refractivity contribution in [2.24, 2.45) is 11.3 Å². The minimum atomic E-state index is -0.486. The van der Waals surface area contributed by atoms with Crippen LogP contribution >= 0.6 is 0 Å². The summed E-state index contributed by atoms with van der Waals surface area (Å²) in [6, 6.07) is 8.33. The standard InChI is InChI=1S/C28H41NO4/c1-20(2)11-9-14-27(6)22-17-28(15-10-16-29(18-28)25(30)33-26(3,4)5)19-31-24(22)21-12-7-8-13-23(21)32-27/h7-8,11-13,22,24H,9-10,14-19H2,1-6H3/t22-,24+,27+,28-/m0/s1. The van der Waals surface area contributed by atoms with E-state index in [2.05, 4.69) is 45.0 Å². The Morgan fingerprint density at radius 1 is 1.27 bits per heavy atom. The summed E-state index contributed by atoms with van der Waals surface area (Å²) in [5.74, 6) is 1.19. The summed E-state index contributed by atoms with van der Waals surface area (Å²) in [4.78, 5) is 14.7. The molecule has 0 aromatic heterocycles. The number of amides is 1. The van der Waals surface area contributed by atoms with Gasteiger partial charge in [0.15, 0.2) is 0 Å². The van der Waals surface area contributed by atoms with Crippen LogP contribution in [0.1, 0.15) is 85.3 Å². The van der Waals surface area contributed by atoms with Gasteiger partial charge >= 0.3 is 6.09 Å². The molecule has 1 aromatic rings. The fraction of sp³-hybridized carbons (Fsp3) is 0.679. The quantitative estimate of drug-likeness (QED) is 0.477. The molecule has 1 aromatic carbocycles. The Morgan fingerprint density at radius 3 is 2.76 bits per heavy atom. The van der Waals surface area contributed by atoms with Crippen molar-refractivity contribution in [2.75, 3.05) is 19.7 Å². The molecule has 3 aliphatic heterocycles. The molecule has 5 nitrogen and oxygen atoms in total. The first kappa shape index (κ1) is 24.1. The van der Waals surface area contributed by atoms with Crippen molar-refractivity contribution in [3.8, 4) is 5.75 Å². The van der Waals surface area contributed by atoms with Crippen LogP contribution in [0.2, 0.25) is 0 Å². The minimum Gasteiger partial charge on any atom is -0.487 e. The van der Waals surface area contributed by atoms with Crippen molar-refractivity contribution in [3.05, 3.63) is 41.5 Å². The van der Waals surface area contributed by atoms with E-state index in [4.69, 9.17) is 14.2 Å². The highest BCUT2D eigenvalue weighted by atomic mass is 16.6. The van der Waals surface area contributed by atoms with Crippen molar-refractivity contribution in [1.29, 1.82) is 0 Å². The summed E-state index contributed by atoms with van der Waals surface area (Å²) in [5, 5.41) is 0. The van der Waals surface area contributed by atoms with E-state index in [0.717, 1.165) is 50.0 Å². The first-order valence-electron chi connectivity index (χ1n) is 12.5. The number of hydrogen-bond donors (Lipinski definition) is 0. The molecule has 1 spiro atoms. The van der Waals surface area contributed by atoms with Gasteiger partial charge in [0.05, 0.1) is 12.7 Å². The average molecular weight is 456 g/mol. The van der Waals surface area contributed by atoms with Gasteiger partial charge in [-0.25, -0.2) is 4.79 Å². The van der Waals surface area contributed by atoms with Crippen molar-refractivity contribution < 1.29 is 19.0 Å². The molecule has 0 bridgehead atoms. The maximum atomic E-state index is 12.9. The summed E-state index contributed by atoms with van der Waals surface area (Å²) in [5.41, 5.74) is 1.65. The van der Waals surface area contributed by atoms with E-state index >= 15 is 0 Å². The molecule has 0 N–H and O–H groups in total. The Balaban J connectivity index is 1.59. The molecule has 182 valence electrons. The Kier molecular flexibility index (Phi) is 6.56. The topological polar surface area (TPSA) is 48.0 Å². The van der Waals surface area contributed by atoms with E-state index in [1.807, 2.05) is 31.7 Å². The third-order valence-corrected chi connectivity index (χ3v) is 7.45. The number of carbonyl (C=O) groups excluding carboxylic acids is 1. The third-order valence-electron chi connectivity index (χ3n) is 7.45. The molecule has 5 heteroatoms. The zero-order valence-corrected chi connectivity index (χ0v) is 21.3. The average Bonchev–Trinajstić information content (AvgIpc) is 2.73. The van der Waals surface area contributed by atoms with Gasteiger partial charge in [0.2, 0.25) is 0 Å². The molecule has 2 saturated heterocycles. The number of nitrogens with zero attached hydrogens (tertiary/aromatic N) is 1. The zero-order chi connectivity index (χ0) is 23.9. The van der Waals surface area contributed by atoms with Gasteiger partial charge in [0.25, 0.3) is 0 Å². The lowest BCUT2D eigenvalue weighted by atomic mass is 9.64. The van der Waals surface area contributed by atoms with Crippen LogP contribution in [0.25, 0.3) is 0 Å². The van der Waals surface area contributed by atoms with Crippen LogP contribution in [0.4, 0.5) is 4.79 Å². The number of para-hydroxylation sites is 1. The maximum Gasteiger partial charge on any atom is 0.410 e. The molecule has 4 rings (SSSR count). The summed E-state index contributed by atoms with van der Waals surface area (Å²) in [6.07, 6.45) is 7.11. The summed E-state index contributed by atoms with van der Waals surface area (Å²) in [6.45, 7) is 14.4. The van der Waals surface area contributed by atoms with Gasteiger partial charge in [-0.3, -0.25) is 0 Å². The molecule has 0 radical (unpaired) electrons. The first-order chi connectivity index (χ1) is 15.5. The SMILES string of the molecule is CC(C)=CCC[C@@]1(C)Oc2ccccc2[C@H]2OC[C@@]3(CCCN(C(=O)OC(C)(C)C)C3)C[C@@H]21. The molecule has 0 unspecified atom stereocenters. The van der Waals surface area contributed by atoms with Crippen molar-refractivity contribution >= 4 is 6.09 Å². The van der Waals surface area contributed by atoms with Gasteiger partial charge in [0, 0.05) is 30.0 Å². The molecule has 0 aliphatic carbocycles. The van der Waals surface area contributed by atoms with E-state index < -0.39 is 5.60 Å². The molecular weight excluding hydrogens is 414 g/mol. The Morgan fingerprint density at radius 2 is 2.03 bits per heavy atom. The highest BCUT2D eigenvalue weighted by Gasteiger charge is 2.54. The lowest BCUT2D eigenvalue weighted by molar-refractivity contribution is -0.180. The number of allylic oxidation sites excluding steroid dienone is 2. The van der Waals surface area contributed by atoms with Gasteiger partial charge in [-0.2, -0.15) is 0 Å². The van der Waals surface area contributed by atoms with Crippen molar-refractivity contribution in [3.63, 3.8) is 0 Å². The molecular formula is C28H41NO4. The van der Waals surface area contributed by atoms with Crippen molar-refractivity contribution in [1.82, 2.24) is 4.90 Å². The highest BCUT2D eigenvalue weighted by molar-refractivity contribution is 5.68. The van der Waals surface area contributed by atoms with Crippen LogP contribution in [-0.4, -0.2) is 41.9 Å². The predicted octanol–water partition coefficient (Wildman–Crippen LogP) is 6.68. The van der Waals surface area contributed by atoms with E-state index in [1.54, 1.807) is 0 Å². The number of fused-ring (bicyclic) bond motifs is 3. The van der Waals surface area contributed by atoms with Crippen LogP contribution in [0.3, 0.4) is 0 Å². The largest absolute Gasteiger partial charge is 0.487 e. The lowest BCUT2D eigenvalue weighted by Gasteiger charge is -2.55. The zero-order valence-electron chi connectivity index (χ0n) is 21.3.